The summed E-state index contributed by atoms with van der Waals surface area (Å²) >= 11 is 0. The van der Waals surface area contributed by atoms with E-state index in [9.17, 15) is 9.59 Å². The number of aromatic nitrogens is 1. The Morgan fingerprint density at radius 1 is 1.64 bits per heavy atom. The van der Waals surface area contributed by atoms with E-state index in [2.05, 4.69) is 4.74 Å². The highest BCUT2D eigenvalue weighted by Crippen LogP contribution is 1.98. The van der Waals surface area contributed by atoms with Gasteiger partial charge in [-0.25, -0.2) is 0 Å². The van der Waals surface area contributed by atoms with Crippen LogP contribution < -0.4 is 5.56 Å². The molecule has 0 saturated carbocycles. The van der Waals surface area contributed by atoms with Gasteiger partial charge in [0.15, 0.2) is 5.75 Å². The summed E-state index contributed by atoms with van der Waals surface area (Å²) in [5.74, 6) is -0.711. The van der Waals surface area contributed by atoms with Crippen molar-refractivity contribution in [3.8, 4) is 5.75 Å². The van der Waals surface area contributed by atoms with Crippen LogP contribution in [-0.2, 0) is 16.1 Å². The van der Waals surface area contributed by atoms with Crippen LogP contribution in [0.1, 0.15) is 6.42 Å². The Kier molecular flexibility index (Phi) is 3.28. The van der Waals surface area contributed by atoms with E-state index in [1.807, 2.05) is 0 Å². The van der Waals surface area contributed by atoms with Crippen LogP contribution in [0.2, 0.25) is 0 Å². The molecule has 0 aromatic carbocycles. The van der Waals surface area contributed by atoms with Gasteiger partial charge in [-0.2, -0.15) is 0 Å². The number of aryl methyl sites for hydroxylation is 1. The van der Waals surface area contributed by atoms with Gasteiger partial charge < -0.3 is 14.4 Å². The van der Waals surface area contributed by atoms with Crippen molar-refractivity contribution in [1.82, 2.24) is 4.57 Å². The zero-order valence-corrected chi connectivity index (χ0v) is 7.77. The fourth-order valence-electron chi connectivity index (χ4n) is 1.01. The summed E-state index contributed by atoms with van der Waals surface area (Å²) in [5, 5.41) is 9.07. The zero-order valence-electron chi connectivity index (χ0n) is 7.77. The van der Waals surface area contributed by atoms with Crippen molar-refractivity contribution >= 4 is 5.97 Å². The summed E-state index contributed by atoms with van der Waals surface area (Å²) in [5.41, 5.74) is -0.503. The number of esters is 1. The molecular weight excluding hydrogens is 186 g/mol. The number of methoxy groups -OCH3 is 1. The number of pyridine rings is 1. The van der Waals surface area contributed by atoms with Gasteiger partial charge in [0.1, 0.15) is 0 Å². The molecule has 0 amide bonds. The van der Waals surface area contributed by atoms with Gasteiger partial charge in [0.05, 0.1) is 13.5 Å². The molecule has 0 aliphatic heterocycles. The van der Waals surface area contributed by atoms with Gasteiger partial charge in [-0.3, -0.25) is 9.59 Å². The van der Waals surface area contributed by atoms with Crippen molar-refractivity contribution in [3.05, 3.63) is 28.7 Å². The Hall–Kier alpha value is -1.78. The van der Waals surface area contributed by atoms with E-state index in [4.69, 9.17) is 5.11 Å². The highest BCUT2D eigenvalue weighted by atomic mass is 16.5. The maximum Gasteiger partial charge on any atom is 0.307 e. The first-order chi connectivity index (χ1) is 6.65. The number of hydrogen-bond donors (Lipinski definition) is 1. The molecule has 1 aromatic heterocycles. The van der Waals surface area contributed by atoms with Crippen LogP contribution in [-0.4, -0.2) is 22.8 Å². The molecule has 0 unspecified atom stereocenters. The molecule has 1 N–H and O–H groups in total. The number of ether oxygens (including phenoxy) is 1. The maximum atomic E-state index is 11.2. The quantitative estimate of drug-likeness (QED) is 0.698. The number of rotatable bonds is 3. The number of carbonyl (C=O) groups is 1. The summed E-state index contributed by atoms with van der Waals surface area (Å²) in [6.45, 7) is 0.208. The van der Waals surface area contributed by atoms with Gasteiger partial charge in [-0.1, -0.05) is 0 Å². The van der Waals surface area contributed by atoms with Crippen molar-refractivity contribution in [2.75, 3.05) is 7.11 Å². The molecule has 0 aliphatic carbocycles. The Morgan fingerprint density at radius 2 is 2.36 bits per heavy atom. The molecule has 0 radical (unpaired) electrons. The Bertz CT molecular complexity index is 383. The molecule has 1 rings (SSSR count). The van der Waals surface area contributed by atoms with Gasteiger partial charge in [-0.15, -0.1) is 0 Å². The molecule has 1 aromatic rings. The third-order valence-electron chi connectivity index (χ3n) is 1.78. The van der Waals surface area contributed by atoms with Crippen LogP contribution in [0.4, 0.5) is 0 Å². The van der Waals surface area contributed by atoms with E-state index in [1.165, 1.54) is 30.0 Å². The normalized spacial score (nSPS) is 9.79. The number of carbonyl (C=O) groups excluding carboxylic acids is 1. The van der Waals surface area contributed by atoms with E-state index >= 15 is 0 Å². The number of aromatic hydroxyl groups is 1. The largest absolute Gasteiger partial charge is 0.503 e. The second-order valence-corrected chi connectivity index (χ2v) is 2.72. The van der Waals surface area contributed by atoms with E-state index in [0.717, 1.165) is 0 Å². The first-order valence-corrected chi connectivity index (χ1v) is 4.10. The van der Waals surface area contributed by atoms with Crippen molar-refractivity contribution in [1.29, 1.82) is 0 Å². The van der Waals surface area contributed by atoms with Crippen molar-refractivity contribution in [2.45, 2.75) is 13.0 Å². The zero-order chi connectivity index (χ0) is 10.6. The lowest BCUT2D eigenvalue weighted by molar-refractivity contribution is -0.140. The second kappa shape index (κ2) is 4.45. The van der Waals surface area contributed by atoms with Crippen molar-refractivity contribution in [3.63, 3.8) is 0 Å². The van der Waals surface area contributed by atoms with E-state index in [-0.39, 0.29) is 24.7 Å². The predicted octanol–water partition coefficient (Wildman–Crippen LogP) is 0.117. The third-order valence-corrected chi connectivity index (χ3v) is 1.78. The molecule has 76 valence electrons. The summed E-state index contributed by atoms with van der Waals surface area (Å²) < 4.78 is 5.68. The van der Waals surface area contributed by atoms with Gasteiger partial charge in [-0.05, 0) is 12.1 Å². The Morgan fingerprint density at radius 3 is 3.00 bits per heavy atom. The smallest absolute Gasteiger partial charge is 0.307 e. The highest BCUT2D eigenvalue weighted by Gasteiger charge is 2.04. The topological polar surface area (TPSA) is 68.5 Å². The van der Waals surface area contributed by atoms with Gasteiger partial charge in [0.25, 0.3) is 5.56 Å². The minimum Gasteiger partial charge on any atom is -0.503 e. The van der Waals surface area contributed by atoms with E-state index < -0.39 is 5.56 Å². The van der Waals surface area contributed by atoms with Gasteiger partial charge in [0.2, 0.25) is 0 Å². The van der Waals surface area contributed by atoms with Crippen LogP contribution >= 0.6 is 0 Å². The summed E-state index contributed by atoms with van der Waals surface area (Å²) in [6, 6.07) is 2.84. The van der Waals surface area contributed by atoms with E-state index in [0.29, 0.717) is 0 Å². The summed E-state index contributed by atoms with van der Waals surface area (Å²) in [6.07, 6.45) is 1.62. The van der Waals surface area contributed by atoms with Crippen molar-refractivity contribution < 1.29 is 14.6 Å². The average Bonchev–Trinajstić information content (AvgIpc) is 2.20. The van der Waals surface area contributed by atoms with Crippen LogP contribution in [0.3, 0.4) is 0 Å². The summed E-state index contributed by atoms with van der Waals surface area (Å²) in [4.78, 5) is 22.0. The van der Waals surface area contributed by atoms with Gasteiger partial charge in [0, 0.05) is 12.7 Å². The minimum absolute atomic E-state index is 0.111. The Balaban J connectivity index is 2.73. The molecule has 5 heteroatoms. The standard InChI is InChI=1S/C9H11NO4/c1-14-8(12)4-6-10-5-2-3-7(11)9(10)13/h2-3,5,11H,4,6H2,1H3. The summed E-state index contributed by atoms with van der Waals surface area (Å²) in [7, 11) is 1.29. The SMILES string of the molecule is COC(=O)CCn1cccc(O)c1=O. The highest BCUT2D eigenvalue weighted by molar-refractivity contribution is 5.68. The second-order valence-electron chi connectivity index (χ2n) is 2.72. The van der Waals surface area contributed by atoms with Crippen LogP contribution in [0.5, 0.6) is 5.75 Å². The molecule has 0 atom stereocenters. The molecule has 0 aliphatic rings. The molecule has 0 spiro atoms. The van der Waals surface area contributed by atoms with E-state index in [1.54, 1.807) is 0 Å². The van der Waals surface area contributed by atoms with Gasteiger partial charge >= 0.3 is 5.97 Å². The van der Waals surface area contributed by atoms with Crippen LogP contribution in [0.25, 0.3) is 0 Å². The minimum atomic E-state index is -0.503. The Labute approximate surface area is 80.6 Å². The molecule has 14 heavy (non-hydrogen) atoms. The first kappa shape index (κ1) is 10.3. The third kappa shape index (κ3) is 2.35. The molecule has 1 heterocycles. The number of hydrogen-bond acceptors (Lipinski definition) is 4. The van der Waals surface area contributed by atoms with Crippen LogP contribution in [0, 0.1) is 0 Å². The average molecular weight is 197 g/mol. The molecular formula is C9H11NO4. The first-order valence-electron chi connectivity index (χ1n) is 4.10. The molecule has 0 fully saturated rings. The number of nitrogens with zero attached hydrogens (tertiary/aromatic N) is 1. The predicted molar refractivity (Wildman–Crippen MR) is 49.0 cm³/mol. The maximum absolute atomic E-state index is 11.2. The fourth-order valence-corrected chi connectivity index (χ4v) is 1.01. The molecule has 0 saturated heterocycles. The lowest BCUT2D eigenvalue weighted by Crippen LogP contribution is -2.20. The molecule has 0 bridgehead atoms. The lowest BCUT2D eigenvalue weighted by atomic mass is 10.4. The lowest BCUT2D eigenvalue weighted by Gasteiger charge is -2.04. The van der Waals surface area contributed by atoms with Crippen molar-refractivity contribution in [2.24, 2.45) is 0 Å². The molecule has 5 nitrogen and oxygen atoms in total. The van der Waals surface area contributed by atoms with Crippen LogP contribution in [0.15, 0.2) is 23.1 Å². The fraction of sp³-hybridized carbons (Fsp3) is 0.333. The monoisotopic (exact) mass is 197 g/mol.